The van der Waals surface area contributed by atoms with E-state index in [4.69, 9.17) is 9.97 Å². The summed E-state index contributed by atoms with van der Waals surface area (Å²) in [5.41, 5.74) is 13.9. The quantitative estimate of drug-likeness (QED) is 0.182. The van der Waals surface area contributed by atoms with Crippen LogP contribution in [0.25, 0.3) is 99.7 Å². The van der Waals surface area contributed by atoms with Crippen LogP contribution in [0.4, 0.5) is 0 Å². The number of hydrogen-bond acceptors (Lipinski definition) is 3. The Labute approximate surface area is 321 Å². The molecule has 0 bridgehead atoms. The number of aromatic nitrogens is 4. The van der Waals surface area contributed by atoms with E-state index in [0.717, 1.165) is 50.4 Å². The molecule has 11 aromatic rings. The molecule has 0 radical (unpaired) electrons. The summed E-state index contributed by atoms with van der Waals surface area (Å²) >= 11 is 1.86. The predicted molar refractivity (Wildman–Crippen MR) is 229 cm³/mol. The van der Waals surface area contributed by atoms with E-state index < -0.39 is 0 Å². The lowest BCUT2D eigenvalue weighted by Gasteiger charge is -2.22. The fourth-order valence-corrected chi connectivity index (χ4v) is 9.78. The maximum absolute atomic E-state index is 5.34. The van der Waals surface area contributed by atoms with Crippen molar-refractivity contribution in [2.24, 2.45) is 0 Å². The molecule has 0 fully saturated rings. The first-order valence-corrected chi connectivity index (χ1v) is 19.4. The van der Waals surface area contributed by atoms with Gasteiger partial charge in [0.2, 0.25) is 0 Å². The second-order valence-electron chi connectivity index (χ2n) is 14.2. The molecular formula is C50H30N4S. The molecule has 55 heavy (non-hydrogen) atoms. The Morgan fingerprint density at radius 1 is 0.436 bits per heavy atom. The largest absolute Gasteiger partial charge is 0.295 e. The highest BCUT2D eigenvalue weighted by Gasteiger charge is 2.28. The van der Waals surface area contributed by atoms with Crippen LogP contribution in [0.3, 0.4) is 0 Å². The van der Waals surface area contributed by atoms with E-state index in [0.29, 0.717) is 0 Å². The molecular weight excluding hydrogens is 689 g/mol. The Morgan fingerprint density at radius 2 is 1.13 bits per heavy atom. The van der Waals surface area contributed by atoms with Crippen LogP contribution in [-0.2, 0) is 0 Å². The minimum absolute atomic E-state index is 0.876. The summed E-state index contributed by atoms with van der Waals surface area (Å²) < 4.78 is 4.94. The van der Waals surface area contributed by atoms with E-state index in [1.54, 1.807) is 0 Å². The molecule has 0 saturated heterocycles. The summed E-state index contributed by atoms with van der Waals surface area (Å²) in [6.07, 6.45) is 0. The van der Waals surface area contributed by atoms with E-state index in [9.17, 15) is 0 Å². The highest BCUT2D eigenvalue weighted by Crippen LogP contribution is 2.50. The lowest BCUT2D eigenvalue weighted by atomic mass is 9.94. The Hall–Kier alpha value is -6.95. The third-order valence-corrected chi connectivity index (χ3v) is 12.2. The van der Waals surface area contributed by atoms with Crippen molar-refractivity contribution in [3.8, 4) is 45.0 Å². The number of hydrogen-bond donors (Lipinski definition) is 0. The molecule has 5 heteroatoms. The average Bonchev–Trinajstić information content (AvgIpc) is 3.77. The molecule has 12 rings (SSSR count). The molecule has 0 unspecified atom stereocenters. The van der Waals surface area contributed by atoms with Crippen LogP contribution in [0.15, 0.2) is 192 Å². The number of para-hydroxylation sites is 5. The molecule has 0 amide bonds. The summed E-state index contributed by atoms with van der Waals surface area (Å²) in [4.78, 5) is 13.1. The van der Waals surface area contributed by atoms with E-state index in [1.807, 2.05) is 30.0 Å². The van der Waals surface area contributed by atoms with Gasteiger partial charge >= 0.3 is 0 Å². The van der Waals surface area contributed by atoms with Crippen LogP contribution < -0.4 is 0 Å². The van der Waals surface area contributed by atoms with Gasteiger partial charge in [0.25, 0.3) is 0 Å². The van der Waals surface area contributed by atoms with Gasteiger partial charge in [-0.15, -0.1) is 0 Å². The van der Waals surface area contributed by atoms with E-state index in [1.165, 1.54) is 59.1 Å². The molecule has 0 N–H and O–H groups in total. The Bertz CT molecular complexity index is 3360. The Kier molecular flexibility index (Phi) is 6.53. The number of rotatable bonds is 4. The lowest BCUT2D eigenvalue weighted by molar-refractivity contribution is 1.03. The zero-order valence-corrected chi connectivity index (χ0v) is 30.3. The maximum atomic E-state index is 5.34. The smallest absolute Gasteiger partial charge is 0.131 e. The van der Waals surface area contributed by atoms with Crippen LogP contribution in [0.1, 0.15) is 0 Å². The van der Waals surface area contributed by atoms with Crippen molar-refractivity contribution in [1.82, 2.24) is 19.1 Å². The van der Waals surface area contributed by atoms with Gasteiger partial charge < -0.3 is 0 Å². The maximum Gasteiger partial charge on any atom is 0.131 e. The van der Waals surface area contributed by atoms with Gasteiger partial charge in [0, 0.05) is 42.8 Å². The number of benzene rings is 8. The molecule has 1 aliphatic heterocycles. The van der Waals surface area contributed by atoms with E-state index in [2.05, 4.69) is 173 Å². The van der Waals surface area contributed by atoms with Crippen LogP contribution in [0.5, 0.6) is 0 Å². The van der Waals surface area contributed by atoms with Gasteiger partial charge in [-0.05, 0) is 76.5 Å². The van der Waals surface area contributed by atoms with Crippen LogP contribution >= 0.6 is 11.8 Å². The molecule has 4 nitrogen and oxygen atoms in total. The van der Waals surface area contributed by atoms with Gasteiger partial charge in [0.15, 0.2) is 0 Å². The topological polar surface area (TPSA) is 35.6 Å². The van der Waals surface area contributed by atoms with Crippen LogP contribution in [-0.4, -0.2) is 19.1 Å². The molecule has 8 aromatic carbocycles. The van der Waals surface area contributed by atoms with Crippen molar-refractivity contribution in [3.63, 3.8) is 0 Å². The third-order valence-electron chi connectivity index (χ3n) is 11.1. The first-order chi connectivity index (χ1) is 27.3. The molecule has 3 aromatic heterocycles. The van der Waals surface area contributed by atoms with Crippen LogP contribution in [0, 0.1) is 0 Å². The first kappa shape index (κ1) is 30.5. The Morgan fingerprint density at radius 3 is 2.00 bits per heavy atom. The molecule has 0 spiro atoms. The summed E-state index contributed by atoms with van der Waals surface area (Å²) in [5, 5.41) is 6.22. The molecule has 0 saturated carbocycles. The third kappa shape index (κ3) is 4.54. The molecule has 256 valence electrons. The highest BCUT2D eigenvalue weighted by molar-refractivity contribution is 7.99. The summed E-state index contributed by atoms with van der Waals surface area (Å²) in [6.45, 7) is 0. The van der Waals surface area contributed by atoms with Gasteiger partial charge in [-0.3, -0.25) is 9.13 Å². The second-order valence-corrected chi connectivity index (χ2v) is 15.3. The minimum Gasteiger partial charge on any atom is -0.295 e. The van der Waals surface area contributed by atoms with Crippen molar-refractivity contribution < 1.29 is 0 Å². The van der Waals surface area contributed by atoms with Crippen molar-refractivity contribution in [3.05, 3.63) is 182 Å². The summed E-state index contributed by atoms with van der Waals surface area (Å²) in [6, 6.07) is 65.2. The highest BCUT2D eigenvalue weighted by atomic mass is 32.2. The van der Waals surface area contributed by atoms with Gasteiger partial charge in [-0.1, -0.05) is 139 Å². The second kappa shape index (κ2) is 11.8. The molecule has 0 aliphatic carbocycles. The van der Waals surface area contributed by atoms with E-state index >= 15 is 0 Å². The van der Waals surface area contributed by atoms with Crippen molar-refractivity contribution in [2.45, 2.75) is 9.79 Å². The van der Waals surface area contributed by atoms with Crippen molar-refractivity contribution in [2.75, 3.05) is 0 Å². The lowest BCUT2D eigenvalue weighted by Crippen LogP contribution is -2.06. The zero-order chi connectivity index (χ0) is 36.0. The van der Waals surface area contributed by atoms with Gasteiger partial charge in [0.05, 0.1) is 39.1 Å². The summed E-state index contributed by atoms with van der Waals surface area (Å²) in [7, 11) is 0. The zero-order valence-electron chi connectivity index (χ0n) is 29.5. The fraction of sp³-hybridized carbons (Fsp3) is 0. The predicted octanol–water partition coefficient (Wildman–Crippen LogP) is 13.3. The van der Waals surface area contributed by atoms with E-state index in [-0.39, 0.29) is 0 Å². The SMILES string of the molecule is c1ccc(-n2c3ccccc3c3c4cccc5c4n(c32)-c2ccc(-c3ccccc3-c3nc4ccccc4nc3-c3ccc4ccccc4c3)cc2S5)cc1. The van der Waals surface area contributed by atoms with Crippen molar-refractivity contribution in [1.29, 1.82) is 0 Å². The van der Waals surface area contributed by atoms with Crippen molar-refractivity contribution >= 4 is 66.4 Å². The minimum atomic E-state index is 0.876. The number of fused-ring (bicyclic) bond motifs is 9. The summed E-state index contributed by atoms with van der Waals surface area (Å²) in [5.74, 6) is 0. The van der Waals surface area contributed by atoms with Gasteiger partial charge in [-0.2, -0.15) is 0 Å². The molecule has 0 atom stereocenters. The monoisotopic (exact) mass is 718 g/mol. The van der Waals surface area contributed by atoms with Gasteiger partial charge in [-0.25, -0.2) is 9.97 Å². The normalized spacial score (nSPS) is 12.3. The standard InChI is InChI=1S/C50H30N4S/c1-2-15-35(16-3-1)53-42-23-11-8-19-38(42)46-39-20-12-24-44-49(39)54(50(46)53)43-28-27-33(30-45(43)55-44)36-17-6-7-18-37(36)48-47(51-40-21-9-10-22-41(40)52-48)34-26-25-31-13-4-5-14-32(31)29-34/h1-30H. The van der Waals surface area contributed by atoms with Crippen LogP contribution in [0.2, 0.25) is 0 Å². The molecule has 4 heterocycles. The number of nitrogens with zero attached hydrogens (tertiary/aromatic N) is 4. The average molecular weight is 719 g/mol. The van der Waals surface area contributed by atoms with Gasteiger partial charge in [0.1, 0.15) is 5.65 Å². The first-order valence-electron chi connectivity index (χ1n) is 18.6. The molecule has 1 aliphatic rings. The fourth-order valence-electron chi connectivity index (χ4n) is 8.65. The Balaban J connectivity index is 1.08.